The predicted octanol–water partition coefficient (Wildman–Crippen LogP) is 6.99. The van der Waals surface area contributed by atoms with Crippen molar-refractivity contribution in [1.29, 1.82) is 0 Å². The van der Waals surface area contributed by atoms with E-state index in [-0.39, 0.29) is 5.56 Å². The van der Waals surface area contributed by atoms with Gasteiger partial charge in [-0.3, -0.25) is 4.79 Å². The zero-order chi connectivity index (χ0) is 21.1. The molecule has 1 N–H and O–H groups in total. The van der Waals surface area contributed by atoms with Crippen molar-refractivity contribution < 1.29 is 9.21 Å². The van der Waals surface area contributed by atoms with Crippen LogP contribution in [0.4, 0.5) is 17.1 Å². The number of anilines is 1. The largest absolute Gasteiger partial charge is 0.421 e. The molecule has 0 bridgehead atoms. The van der Waals surface area contributed by atoms with Crippen LogP contribution in [0.3, 0.4) is 0 Å². The Balaban J connectivity index is 1.53. The Bertz CT molecular complexity index is 1320. The van der Waals surface area contributed by atoms with Gasteiger partial charge in [-0.05, 0) is 70.5 Å². The van der Waals surface area contributed by atoms with Gasteiger partial charge in [-0.15, -0.1) is 0 Å². The second kappa shape index (κ2) is 8.73. The second-order valence-corrected chi connectivity index (χ2v) is 8.06. The van der Waals surface area contributed by atoms with Crippen LogP contribution in [0.1, 0.15) is 10.4 Å². The molecule has 148 valence electrons. The smallest absolute Gasteiger partial charge is 0.349 e. The fraction of sp³-hybridized carbons (Fsp3) is 0. The van der Waals surface area contributed by atoms with E-state index in [1.807, 2.05) is 30.3 Å². The molecule has 0 aliphatic carbocycles. The number of benzene rings is 3. The van der Waals surface area contributed by atoms with Gasteiger partial charge in [0.05, 0.1) is 15.8 Å². The van der Waals surface area contributed by atoms with Crippen LogP contribution in [-0.2, 0) is 0 Å². The molecule has 1 heterocycles. The molecule has 0 aliphatic heterocycles. The van der Waals surface area contributed by atoms with Crippen LogP contribution in [-0.4, -0.2) is 5.91 Å². The highest BCUT2D eigenvalue weighted by Gasteiger charge is 2.15. The third kappa shape index (κ3) is 4.55. The first kappa shape index (κ1) is 20.2. The van der Waals surface area contributed by atoms with Crippen molar-refractivity contribution in [1.82, 2.24) is 0 Å². The topological polar surface area (TPSA) is 84.0 Å². The van der Waals surface area contributed by atoms with E-state index >= 15 is 0 Å². The second-order valence-electron chi connectivity index (χ2n) is 6.29. The Morgan fingerprint density at radius 3 is 2.23 bits per heavy atom. The van der Waals surface area contributed by atoms with Crippen LogP contribution >= 0.6 is 31.9 Å². The van der Waals surface area contributed by atoms with E-state index in [9.17, 15) is 9.59 Å². The van der Waals surface area contributed by atoms with Crippen molar-refractivity contribution in [2.75, 3.05) is 5.32 Å². The van der Waals surface area contributed by atoms with E-state index in [0.29, 0.717) is 26.8 Å². The Morgan fingerprint density at radius 2 is 1.53 bits per heavy atom. The van der Waals surface area contributed by atoms with Gasteiger partial charge in [-0.1, -0.05) is 34.1 Å². The minimum atomic E-state index is -0.712. The summed E-state index contributed by atoms with van der Waals surface area (Å²) in [6.07, 6.45) is 0. The fourth-order valence-electron chi connectivity index (χ4n) is 2.74. The molecule has 0 spiro atoms. The van der Waals surface area contributed by atoms with Gasteiger partial charge >= 0.3 is 5.63 Å². The lowest BCUT2D eigenvalue weighted by Crippen LogP contribution is -2.20. The minimum Gasteiger partial charge on any atom is -0.421 e. The minimum absolute atomic E-state index is 0.0830. The standard InChI is InChI=1S/C22H13Br2N3O3/c23-14-10-13-11-18(22(29)30-20(13)19(24)12-14)21(28)25-15-6-8-17(9-7-15)27-26-16-4-2-1-3-5-16/h1-12H,(H,25,28). The van der Waals surface area contributed by atoms with E-state index < -0.39 is 11.5 Å². The molecule has 0 fully saturated rings. The maximum atomic E-state index is 12.6. The number of hydrogen-bond acceptors (Lipinski definition) is 5. The number of azo groups is 1. The predicted molar refractivity (Wildman–Crippen MR) is 123 cm³/mol. The number of carbonyl (C=O) groups is 1. The average Bonchev–Trinajstić information content (AvgIpc) is 2.74. The number of fused-ring (bicyclic) bond motifs is 1. The molecule has 6 nitrogen and oxygen atoms in total. The molecule has 0 saturated carbocycles. The summed E-state index contributed by atoms with van der Waals surface area (Å²) < 4.78 is 6.73. The summed E-state index contributed by atoms with van der Waals surface area (Å²) in [6.45, 7) is 0. The number of nitrogens with zero attached hydrogens (tertiary/aromatic N) is 2. The van der Waals surface area contributed by atoms with E-state index in [1.54, 1.807) is 36.4 Å². The number of halogens is 2. The molecule has 0 unspecified atom stereocenters. The van der Waals surface area contributed by atoms with Crippen LogP contribution < -0.4 is 10.9 Å². The zero-order valence-corrected chi connectivity index (χ0v) is 18.5. The first-order valence-corrected chi connectivity index (χ1v) is 10.4. The molecular weight excluding hydrogens is 514 g/mol. The average molecular weight is 527 g/mol. The number of carbonyl (C=O) groups excluding carboxylic acids is 1. The van der Waals surface area contributed by atoms with Gasteiger partial charge in [0, 0.05) is 15.5 Å². The van der Waals surface area contributed by atoms with Gasteiger partial charge < -0.3 is 9.73 Å². The molecule has 3 aromatic carbocycles. The summed E-state index contributed by atoms with van der Waals surface area (Å²) in [5, 5.41) is 11.6. The summed E-state index contributed by atoms with van der Waals surface area (Å²) in [5.74, 6) is -0.555. The summed E-state index contributed by atoms with van der Waals surface area (Å²) in [4.78, 5) is 24.9. The van der Waals surface area contributed by atoms with Crippen LogP contribution in [0, 0.1) is 0 Å². The molecule has 1 aromatic heterocycles. The van der Waals surface area contributed by atoms with Crippen molar-refractivity contribution in [3.05, 3.63) is 97.7 Å². The van der Waals surface area contributed by atoms with Gasteiger partial charge in [0.2, 0.25) is 0 Å². The summed E-state index contributed by atoms with van der Waals surface area (Å²) in [7, 11) is 0. The van der Waals surface area contributed by atoms with Crippen LogP contribution in [0.25, 0.3) is 11.0 Å². The molecule has 4 rings (SSSR count). The van der Waals surface area contributed by atoms with Gasteiger partial charge in [0.1, 0.15) is 5.56 Å². The summed E-state index contributed by atoms with van der Waals surface area (Å²) in [6, 6.07) is 21.2. The van der Waals surface area contributed by atoms with Crippen LogP contribution in [0.5, 0.6) is 0 Å². The number of rotatable bonds is 4. The van der Waals surface area contributed by atoms with Crippen molar-refractivity contribution in [2.24, 2.45) is 10.2 Å². The maximum Gasteiger partial charge on any atom is 0.349 e. The van der Waals surface area contributed by atoms with Crippen molar-refractivity contribution in [3.63, 3.8) is 0 Å². The monoisotopic (exact) mass is 525 g/mol. The van der Waals surface area contributed by atoms with Gasteiger partial charge in [0.25, 0.3) is 5.91 Å². The van der Waals surface area contributed by atoms with Gasteiger partial charge in [-0.2, -0.15) is 10.2 Å². The number of hydrogen-bond donors (Lipinski definition) is 1. The highest BCUT2D eigenvalue weighted by Crippen LogP contribution is 2.28. The third-order valence-corrected chi connectivity index (χ3v) is 5.21. The number of amides is 1. The Labute approximate surface area is 187 Å². The first-order valence-electron chi connectivity index (χ1n) is 8.81. The molecule has 1 amide bonds. The van der Waals surface area contributed by atoms with Crippen LogP contribution in [0.15, 0.2) is 101 Å². The van der Waals surface area contributed by atoms with Crippen molar-refractivity contribution in [2.45, 2.75) is 0 Å². The Morgan fingerprint density at radius 1 is 0.867 bits per heavy atom. The molecule has 4 aromatic rings. The number of nitrogens with one attached hydrogen (secondary N) is 1. The third-order valence-electron chi connectivity index (χ3n) is 4.16. The molecule has 0 radical (unpaired) electrons. The summed E-state index contributed by atoms with van der Waals surface area (Å²) in [5.41, 5.74) is 1.49. The van der Waals surface area contributed by atoms with E-state index in [1.165, 1.54) is 6.07 Å². The van der Waals surface area contributed by atoms with Crippen molar-refractivity contribution in [3.8, 4) is 0 Å². The molecule has 0 atom stereocenters. The van der Waals surface area contributed by atoms with Crippen LogP contribution in [0.2, 0.25) is 0 Å². The lowest BCUT2D eigenvalue weighted by molar-refractivity contribution is 0.102. The highest BCUT2D eigenvalue weighted by atomic mass is 79.9. The Kier molecular flexibility index (Phi) is 5.87. The molecule has 30 heavy (non-hydrogen) atoms. The van der Waals surface area contributed by atoms with Gasteiger partial charge in [0.15, 0.2) is 5.58 Å². The Hall–Kier alpha value is -3.10. The summed E-state index contributed by atoms with van der Waals surface area (Å²) >= 11 is 6.74. The molecule has 8 heteroatoms. The van der Waals surface area contributed by atoms with Crippen molar-refractivity contribution >= 4 is 65.8 Å². The molecule has 0 saturated heterocycles. The normalized spacial score (nSPS) is 11.1. The van der Waals surface area contributed by atoms with E-state index in [2.05, 4.69) is 47.4 Å². The SMILES string of the molecule is O=C(Nc1ccc(N=Nc2ccccc2)cc1)c1cc2cc(Br)cc(Br)c2oc1=O. The lowest BCUT2D eigenvalue weighted by Gasteiger charge is -2.06. The van der Waals surface area contributed by atoms with Gasteiger partial charge in [-0.25, -0.2) is 4.79 Å². The molecular formula is C22H13Br2N3O3. The fourth-order valence-corrected chi connectivity index (χ4v) is 4.07. The quantitative estimate of drug-likeness (QED) is 0.230. The maximum absolute atomic E-state index is 12.6. The lowest BCUT2D eigenvalue weighted by atomic mass is 10.1. The zero-order valence-electron chi connectivity index (χ0n) is 15.3. The molecule has 0 aliphatic rings. The van der Waals surface area contributed by atoms with E-state index in [4.69, 9.17) is 4.42 Å². The van der Waals surface area contributed by atoms with E-state index in [0.717, 1.165) is 10.2 Å². The highest BCUT2D eigenvalue weighted by molar-refractivity contribution is 9.11. The first-order chi connectivity index (χ1) is 14.5.